The highest BCUT2D eigenvalue weighted by Gasteiger charge is 2.33. The van der Waals surface area contributed by atoms with E-state index in [1.165, 1.54) is 43.4 Å². The summed E-state index contributed by atoms with van der Waals surface area (Å²) in [5.41, 5.74) is 1.69. The first-order valence-corrected chi connectivity index (χ1v) is 15.4. The number of anilines is 1. The molecule has 0 fully saturated rings. The van der Waals surface area contributed by atoms with E-state index in [1.807, 2.05) is 20.8 Å². The fourth-order valence-corrected chi connectivity index (χ4v) is 5.81. The van der Waals surface area contributed by atoms with Gasteiger partial charge in [-0.05, 0) is 63.1 Å². The number of hydrogen-bond donors (Lipinski definition) is 1. The summed E-state index contributed by atoms with van der Waals surface area (Å²) in [7, 11) is -1.32. The molecule has 0 saturated carbocycles. The minimum Gasteiger partial charge on any atom is -0.493 e. The van der Waals surface area contributed by atoms with Crippen molar-refractivity contribution in [2.75, 3.05) is 25.1 Å². The maximum absolute atomic E-state index is 14.1. The number of benzene rings is 3. The van der Waals surface area contributed by atoms with Gasteiger partial charge >= 0.3 is 0 Å². The normalized spacial score (nSPS) is 12.6. The van der Waals surface area contributed by atoms with Crippen LogP contribution >= 0.6 is 11.6 Å². The zero-order chi connectivity index (χ0) is 31.0. The molecule has 0 spiro atoms. The van der Waals surface area contributed by atoms with Crippen LogP contribution in [0.1, 0.15) is 38.3 Å². The zero-order valence-electron chi connectivity index (χ0n) is 24.8. The molecule has 3 aromatic rings. The van der Waals surface area contributed by atoms with Crippen LogP contribution in [0.25, 0.3) is 0 Å². The van der Waals surface area contributed by atoms with Crippen molar-refractivity contribution in [3.8, 4) is 11.5 Å². The van der Waals surface area contributed by atoms with Gasteiger partial charge in [0, 0.05) is 23.7 Å². The van der Waals surface area contributed by atoms with Gasteiger partial charge in [-0.25, -0.2) is 8.42 Å². The molecule has 2 amide bonds. The highest BCUT2D eigenvalue weighted by Crippen LogP contribution is 2.34. The Morgan fingerprint density at radius 1 is 0.952 bits per heavy atom. The van der Waals surface area contributed by atoms with Crippen molar-refractivity contribution in [2.24, 2.45) is 0 Å². The molecule has 0 heterocycles. The predicted molar refractivity (Wildman–Crippen MR) is 165 cm³/mol. The Bertz CT molecular complexity index is 1500. The highest BCUT2D eigenvalue weighted by atomic mass is 35.5. The molecule has 0 bridgehead atoms. The molecule has 0 aliphatic carbocycles. The number of halogens is 1. The molecule has 0 unspecified atom stereocenters. The average molecular weight is 616 g/mol. The molecule has 0 aromatic heterocycles. The van der Waals surface area contributed by atoms with Crippen LogP contribution in [0.2, 0.25) is 5.02 Å². The van der Waals surface area contributed by atoms with Crippen molar-refractivity contribution in [1.82, 2.24) is 10.2 Å². The van der Waals surface area contributed by atoms with Gasteiger partial charge < -0.3 is 19.7 Å². The van der Waals surface area contributed by atoms with Crippen molar-refractivity contribution in [2.45, 2.75) is 57.6 Å². The summed E-state index contributed by atoms with van der Waals surface area (Å²) in [6.07, 6.45) is 0.707. The summed E-state index contributed by atoms with van der Waals surface area (Å²) >= 11 is 6.42. The molecule has 226 valence electrons. The largest absolute Gasteiger partial charge is 0.493 e. The van der Waals surface area contributed by atoms with E-state index < -0.39 is 28.5 Å². The second kappa shape index (κ2) is 14.4. The van der Waals surface area contributed by atoms with E-state index in [-0.39, 0.29) is 29.1 Å². The predicted octanol–water partition coefficient (Wildman–Crippen LogP) is 5.19. The van der Waals surface area contributed by atoms with Crippen LogP contribution in [0.4, 0.5) is 5.69 Å². The topological polar surface area (TPSA) is 105 Å². The Hall–Kier alpha value is -3.76. The second-order valence-electron chi connectivity index (χ2n) is 9.97. The van der Waals surface area contributed by atoms with Crippen LogP contribution in [-0.4, -0.2) is 58.0 Å². The standard InChI is InChI=1S/C31H38ClN3O6S/c1-7-22(3)33-31(37)23(4)34(19-24-10-8-9-11-27(24)32)30(36)20-35(25-14-17-28(40-5)29(18-25)41-6)42(38,39)26-15-12-21(2)13-16-26/h8-18,22-23H,7,19-20H2,1-6H3,(H,33,37)/t22-,23-/m1/s1. The van der Waals surface area contributed by atoms with Gasteiger partial charge in [0.05, 0.1) is 24.8 Å². The van der Waals surface area contributed by atoms with Crippen LogP contribution < -0.4 is 19.1 Å². The van der Waals surface area contributed by atoms with Crippen LogP contribution in [0.15, 0.2) is 71.6 Å². The Morgan fingerprint density at radius 3 is 2.19 bits per heavy atom. The average Bonchev–Trinajstić information content (AvgIpc) is 2.98. The molecule has 3 aromatic carbocycles. The number of aryl methyl sites for hydroxylation is 1. The summed E-state index contributed by atoms with van der Waals surface area (Å²) < 4.78 is 39.8. The number of nitrogens with one attached hydrogen (secondary N) is 1. The van der Waals surface area contributed by atoms with E-state index in [2.05, 4.69) is 5.32 Å². The van der Waals surface area contributed by atoms with Crippen molar-refractivity contribution in [1.29, 1.82) is 0 Å². The van der Waals surface area contributed by atoms with Gasteiger partial charge in [-0.2, -0.15) is 0 Å². The van der Waals surface area contributed by atoms with Gasteiger partial charge in [-0.1, -0.05) is 54.4 Å². The van der Waals surface area contributed by atoms with Crippen molar-refractivity contribution in [3.05, 3.63) is 82.9 Å². The van der Waals surface area contributed by atoms with Crippen LogP contribution in [0.3, 0.4) is 0 Å². The van der Waals surface area contributed by atoms with Crippen LogP contribution in [0.5, 0.6) is 11.5 Å². The third-order valence-electron chi connectivity index (χ3n) is 7.01. The third kappa shape index (κ3) is 7.74. The van der Waals surface area contributed by atoms with Crippen molar-refractivity contribution < 1.29 is 27.5 Å². The Morgan fingerprint density at radius 2 is 1.60 bits per heavy atom. The first kappa shape index (κ1) is 32.8. The number of rotatable bonds is 13. The molecule has 0 saturated heterocycles. The number of sulfonamides is 1. The monoisotopic (exact) mass is 615 g/mol. The number of ether oxygens (including phenoxy) is 2. The molecular weight excluding hydrogens is 578 g/mol. The molecule has 0 radical (unpaired) electrons. The molecule has 42 heavy (non-hydrogen) atoms. The maximum atomic E-state index is 14.1. The molecule has 2 atom stereocenters. The lowest BCUT2D eigenvalue weighted by atomic mass is 10.1. The minimum absolute atomic E-state index is 0.00203. The molecule has 1 N–H and O–H groups in total. The first-order valence-electron chi connectivity index (χ1n) is 13.6. The van der Waals surface area contributed by atoms with Gasteiger partial charge in [0.1, 0.15) is 12.6 Å². The third-order valence-corrected chi connectivity index (χ3v) is 9.17. The second-order valence-corrected chi connectivity index (χ2v) is 12.2. The van der Waals surface area contributed by atoms with E-state index in [4.69, 9.17) is 21.1 Å². The summed E-state index contributed by atoms with van der Waals surface area (Å²) in [6.45, 7) is 6.69. The fourth-order valence-electron chi connectivity index (χ4n) is 4.20. The number of nitrogens with zero attached hydrogens (tertiary/aromatic N) is 2. The van der Waals surface area contributed by atoms with Gasteiger partial charge in [-0.3, -0.25) is 13.9 Å². The molecular formula is C31H38ClN3O6S. The number of carbonyl (C=O) groups is 2. The van der Waals surface area contributed by atoms with E-state index in [1.54, 1.807) is 49.4 Å². The van der Waals surface area contributed by atoms with Crippen molar-refractivity contribution >= 4 is 39.1 Å². The molecule has 0 aliphatic heterocycles. The lowest BCUT2D eigenvalue weighted by molar-refractivity contribution is -0.139. The number of hydrogen-bond acceptors (Lipinski definition) is 6. The van der Waals surface area contributed by atoms with Gasteiger partial charge in [0.15, 0.2) is 11.5 Å². The Kier molecular flexibility index (Phi) is 11.2. The Balaban J connectivity index is 2.10. The highest BCUT2D eigenvalue weighted by molar-refractivity contribution is 7.92. The lowest BCUT2D eigenvalue weighted by Gasteiger charge is -2.32. The Labute approximate surface area is 253 Å². The fraction of sp³-hybridized carbons (Fsp3) is 0.355. The van der Waals surface area contributed by atoms with Crippen molar-refractivity contribution in [3.63, 3.8) is 0 Å². The molecule has 3 rings (SSSR count). The van der Waals surface area contributed by atoms with Gasteiger partial charge in [-0.15, -0.1) is 0 Å². The molecule has 9 nitrogen and oxygen atoms in total. The lowest BCUT2D eigenvalue weighted by Crippen LogP contribution is -2.52. The quantitative estimate of drug-likeness (QED) is 0.284. The zero-order valence-corrected chi connectivity index (χ0v) is 26.3. The van der Waals surface area contributed by atoms with E-state index in [0.29, 0.717) is 28.5 Å². The van der Waals surface area contributed by atoms with E-state index in [0.717, 1.165) is 9.87 Å². The van der Waals surface area contributed by atoms with Crippen LogP contribution in [-0.2, 0) is 26.2 Å². The first-order chi connectivity index (χ1) is 19.9. The SMILES string of the molecule is CC[C@@H](C)NC(=O)[C@@H](C)N(Cc1ccccc1Cl)C(=O)CN(c1ccc(OC)c(OC)c1)S(=O)(=O)c1ccc(C)cc1. The molecule has 11 heteroatoms. The van der Waals surface area contributed by atoms with E-state index >= 15 is 0 Å². The van der Waals surface area contributed by atoms with E-state index in [9.17, 15) is 18.0 Å². The van der Waals surface area contributed by atoms with Gasteiger partial charge in [0.2, 0.25) is 11.8 Å². The summed E-state index contributed by atoms with van der Waals surface area (Å²) in [5, 5.41) is 3.34. The summed E-state index contributed by atoms with van der Waals surface area (Å²) in [5.74, 6) is -0.257. The number of amides is 2. The van der Waals surface area contributed by atoms with Gasteiger partial charge in [0.25, 0.3) is 10.0 Å². The molecule has 0 aliphatic rings. The number of carbonyl (C=O) groups excluding carboxylic acids is 2. The smallest absolute Gasteiger partial charge is 0.264 e. The number of methoxy groups -OCH3 is 2. The summed E-state index contributed by atoms with van der Waals surface area (Å²) in [4.78, 5) is 28.6. The summed E-state index contributed by atoms with van der Waals surface area (Å²) in [6, 6.07) is 16.9. The van der Waals surface area contributed by atoms with Crippen LogP contribution in [0, 0.1) is 6.92 Å². The minimum atomic E-state index is -4.23. The maximum Gasteiger partial charge on any atom is 0.264 e.